The number of nitrogens with zero attached hydrogens (tertiary/aromatic N) is 2. The Labute approximate surface area is 124 Å². The molecule has 1 atom stereocenters. The minimum absolute atomic E-state index is 0.0772. The Morgan fingerprint density at radius 2 is 2.19 bits per heavy atom. The zero-order valence-electron chi connectivity index (χ0n) is 12.5. The number of carbonyl (C=O) groups excluding carboxylic acids is 1. The fourth-order valence-corrected chi connectivity index (χ4v) is 2.99. The second-order valence-electron chi connectivity index (χ2n) is 5.87. The lowest BCUT2D eigenvalue weighted by Gasteiger charge is -2.41. The van der Waals surface area contributed by atoms with E-state index in [-0.39, 0.29) is 11.6 Å². The first-order valence-electron chi connectivity index (χ1n) is 6.97. The SMILES string of the molecule is COC(=O)c1cn(C2c3ccccc3CNC2(C)C)cn1. The van der Waals surface area contributed by atoms with Crippen LogP contribution in [0.5, 0.6) is 0 Å². The summed E-state index contributed by atoms with van der Waals surface area (Å²) in [5.41, 5.74) is 2.73. The highest BCUT2D eigenvalue weighted by Gasteiger charge is 2.36. The third-order valence-corrected chi connectivity index (χ3v) is 4.06. The number of nitrogens with one attached hydrogen (secondary N) is 1. The molecule has 110 valence electrons. The third kappa shape index (κ3) is 2.34. The van der Waals surface area contributed by atoms with Crippen molar-refractivity contribution in [2.75, 3.05) is 7.11 Å². The van der Waals surface area contributed by atoms with Crippen LogP contribution >= 0.6 is 0 Å². The summed E-state index contributed by atoms with van der Waals surface area (Å²) in [6.07, 6.45) is 3.45. The van der Waals surface area contributed by atoms with Crippen LogP contribution in [0, 0.1) is 0 Å². The van der Waals surface area contributed by atoms with Gasteiger partial charge in [0.2, 0.25) is 0 Å². The Morgan fingerprint density at radius 3 is 2.95 bits per heavy atom. The van der Waals surface area contributed by atoms with Crippen LogP contribution in [0.3, 0.4) is 0 Å². The topological polar surface area (TPSA) is 56.1 Å². The maximum absolute atomic E-state index is 11.6. The molecule has 1 unspecified atom stereocenters. The number of fused-ring (bicyclic) bond motifs is 1. The largest absolute Gasteiger partial charge is 0.464 e. The quantitative estimate of drug-likeness (QED) is 0.859. The molecule has 1 N–H and O–H groups in total. The van der Waals surface area contributed by atoms with Gasteiger partial charge < -0.3 is 14.6 Å². The standard InChI is InChI=1S/C16H19N3O2/c1-16(2)14(12-7-5-4-6-11(12)8-18-16)19-9-13(17-10-19)15(20)21-3/h4-7,9-10,14,18H,8H2,1-3H3. The van der Waals surface area contributed by atoms with E-state index >= 15 is 0 Å². The van der Waals surface area contributed by atoms with Crippen LogP contribution in [-0.2, 0) is 11.3 Å². The number of hydrogen-bond acceptors (Lipinski definition) is 4. The number of methoxy groups -OCH3 is 1. The Kier molecular flexibility index (Phi) is 3.29. The maximum atomic E-state index is 11.6. The molecule has 1 aromatic heterocycles. The number of hydrogen-bond donors (Lipinski definition) is 1. The van der Waals surface area contributed by atoms with Gasteiger partial charge >= 0.3 is 5.97 Å². The molecule has 3 rings (SSSR count). The van der Waals surface area contributed by atoms with E-state index in [1.165, 1.54) is 18.2 Å². The van der Waals surface area contributed by atoms with Crippen LogP contribution in [0.2, 0.25) is 0 Å². The van der Waals surface area contributed by atoms with Crippen molar-refractivity contribution in [2.24, 2.45) is 0 Å². The maximum Gasteiger partial charge on any atom is 0.358 e. The molecule has 1 aliphatic heterocycles. The van der Waals surface area contributed by atoms with Gasteiger partial charge in [0, 0.05) is 18.3 Å². The molecular weight excluding hydrogens is 266 g/mol. The zero-order chi connectivity index (χ0) is 15.0. The van der Waals surface area contributed by atoms with Crippen molar-refractivity contribution < 1.29 is 9.53 Å². The Balaban J connectivity index is 2.07. The predicted octanol–water partition coefficient (Wildman–Crippen LogP) is 2.14. The fraction of sp³-hybridized carbons (Fsp3) is 0.375. The van der Waals surface area contributed by atoms with E-state index in [1.807, 2.05) is 16.7 Å². The summed E-state index contributed by atoms with van der Waals surface area (Å²) in [5, 5.41) is 3.55. The van der Waals surface area contributed by atoms with Crippen molar-refractivity contribution in [1.82, 2.24) is 14.9 Å². The predicted molar refractivity (Wildman–Crippen MR) is 79.1 cm³/mol. The van der Waals surface area contributed by atoms with E-state index in [4.69, 9.17) is 4.74 Å². The molecule has 21 heavy (non-hydrogen) atoms. The van der Waals surface area contributed by atoms with Crippen LogP contribution in [0.4, 0.5) is 0 Å². The lowest BCUT2D eigenvalue weighted by atomic mass is 9.82. The average Bonchev–Trinajstić information content (AvgIpc) is 2.94. The first-order valence-corrected chi connectivity index (χ1v) is 6.97. The van der Waals surface area contributed by atoms with E-state index < -0.39 is 5.97 Å². The summed E-state index contributed by atoms with van der Waals surface area (Å²) >= 11 is 0. The molecule has 0 spiro atoms. The Morgan fingerprint density at radius 1 is 1.43 bits per heavy atom. The van der Waals surface area contributed by atoms with E-state index in [1.54, 1.807) is 12.5 Å². The van der Waals surface area contributed by atoms with Crippen LogP contribution in [0.15, 0.2) is 36.8 Å². The van der Waals surface area contributed by atoms with Gasteiger partial charge in [0.25, 0.3) is 0 Å². The zero-order valence-corrected chi connectivity index (χ0v) is 12.5. The summed E-state index contributed by atoms with van der Waals surface area (Å²) in [7, 11) is 1.36. The number of rotatable bonds is 2. The van der Waals surface area contributed by atoms with Crippen molar-refractivity contribution >= 4 is 5.97 Å². The van der Waals surface area contributed by atoms with Gasteiger partial charge in [-0.2, -0.15) is 0 Å². The molecule has 0 bridgehead atoms. The van der Waals surface area contributed by atoms with Gasteiger partial charge in [0.05, 0.1) is 19.5 Å². The molecule has 0 saturated heterocycles. The first kappa shape index (κ1) is 13.8. The highest BCUT2D eigenvalue weighted by atomic mass is 16.5. The summed E-state index contributed by atoms with van der Waals surface area (Å²) in [4.78, 5) is 15.8. The molecule has 0 amide bonds. The summed E-state index contributed by atoms with van der Waals surface area (Å²) in [6, 6.07) is 8.44. The van der Waals surface area contributed by atoms with Gasteiger partial charge in [0.15, 0.2) is 5.69 Å². The lowest BCUT2D eigenvalue weighted by Crippen LogP contribution is -2.50. The second kappa shape index (κ2) is 5.00. The molecular formula is C16H19N3O2. The lowest BCUT2D eigenvalue weighted by molar-refractivity contribution is 0.0594. The molecule has 1 aliphatic rings. The number of carbonyl (C=O) groups is 1. The Bertz CT molecular complexity index is 676. The van der Waals surface area contributed by atoms with Crippen LogP contribution < -0.4 is 5.32 Å². The van der Waals surface area contributed by atoms with Gasteiger partial charge in [0.1, 0.15) is 0 Å². The van der Waals surface area contributed by atoms with Gasteiger partial charge in [-0.05, 0) is 25.0 Å². The van der Waals surface area contributed by atoms with Gasteiger partial charge in [-0.25, -0.2) is 9.78 Å². The number of imidazole rings is 1. The molecule has 5 nitrogen and oxygen atoms in total. The normalized spacial score (nSPS) is 19.9. The monoisotopic (exact) mass is 285 g/mol. The van der Waals surface area contributed by atoms with E-state index in [0.29, 0.717) is 5.69 Å². The third-order valence-electron chi connectivity index (χ3n) is 4.06. The highest BCUT2D eigenvalue weighted by molar-refractivity contribution is 5.86. The van der Waals surface area contributed by atoms with E-state index in [0.717, 1.165) is 6.54 Å². The van der Waals surface area contributed by atoms with E-state index in [9.17, 15) is 4.79 Å². The highest BCUT2D eigenvalue weighted by Crippen LogP contribution is 2.36. The van der Waals surface area contributed by atoms with Crippen LogP contribution in [-0.4, -0.2) is 28.2 Å². The van der Waals surface area contributed by atoms with Crippen molar-refractivity contribution in [2.45, 2.75) is 32.0 Å². The molecule has 0 saturated carbocycles. The molecule has 0 radical (unpaired) electrons. The van der Waals surface area contributed by atoms with Gasteiger partial charge in [-0.1, -0.05) is 24.3 Å². The molecule has 5 heteroatoms. The van der Waals surface area contributed by atoms with E-state index in [2.05, 4.69) is 36.3 Å². The average molecular weight is 285 g/mol. The van der Waals surface area contributed by atoms with Crippen molar-refractivity contribution in [3.05, 3.63) is 53.6 Å². The number of esters is 1. The first-order chi connectivity index (χ1) is 10.0. The Hall–Kier alpha value is -2.14. The van der Waals surface area contributed by atoms with Crippen molar-refractivity contribution in [3.63, 3.8) is 0 Å². The minimum Gasteiger partial charge on any atom is -0.464 e. The van der Waals surface area contributed by atoms with Crippen molar-refractivity contribution in [3.8, 4) is 0 Å². The molecule has 0 aliphatic carbocycles. The molecule has 1 aromatic carbocycles. The number of benzene rings is 1. The smallest absolute Gasteiger partial charge is 0.358 e. The summed E-state index contributed by atoms with van der Waals surface area (Å²) < 4.78 is 6.71. The van der Waals surface area contributed by atoms with Crippen LogP contribution in [0.1, 0.15) is 41.5 Å². The molecule has 0 fully saturated rings. The number of ether oxygens (including phenoxy) is 1. The van der Waals surface area contributed by atoms with Gasteiger partial charge in [-0.15, -0.1) is 0 Å². The minimum atomic E-state index is -0.413. The second-order valence-corrected chi connectivity index (χ2v) is 5.87. The van der Waals surface area contributed by atoms with Crippen molar-refractivity contribution in [1.29, 1.82) is 0 Å². The molecule has 2 heterocycles. The van der Waals surface area contributed by atoms with Crippen LogP contribution in [0.25, 0.3) is 0 Å². The van der Waals surface area contributed by atoms with Gasteiger partial charge in [-0.3, -0.25) is 0 Å². The fourth-order valence-electron chi connectivity index (χ4n) is 2.99. The molecule has 2 aromatic rings. The number of aromatic nitrogens is 2. The summed E-state index contributed by atoms with van der Waals surface area (Å²) in [6.45, 7) is 5.16. The summed E-state index contributed by atoms with van der Waals surface area (Å²) in [5.74, 6) is -0.413.